The fourth-order valence-corrected chi connectivity index (χ4v) is 2.17. The molecule has 2 N–H and O–H groups in total. The second-order valence-electron chi connectivity index (χ2n) is 3.71. The molecule has 0 saturated heterocycles. The van der Waals surface area contributed by atoms with Gasteiger partial charge in [0, 0.05) is 19.5 Å². The zero-order valence-corrected chi connectivity index (χ0v) is 10.9. The highest BCUT2D eigenvalue weighted by atomic mass is 32.2. The van der Waals surface area contributed by atoms with Crippen molar-refractivity contribution in [1.82, 2.24) is 5.01 Å². The van der Waals surface area contributed by atoms with E-state index >= 15 is 0 Å². The van der Waals surface area contributed by atoms with Crippen LogP contribution in [0.5, 0.6) is 0 Å². The summed E-state index contributed by atoms with van der Waals surface area (Å²) in [6.07, 6.45) is 6.78. The predicted octanol–water partition coefficient (Wildman–Crippen LogP) is 1.20. The normalized spacial score (nSPS) is 24.4. The molecule has 0 aromatic heterocycles. The lowest BCUT2D eigenvalue weighted by atomic mass is 10.1. The molecule has 0 heterocycles. The van der Waals surface area contributed by atoms with Crippen molar-refractivity contribution in [2.24, 2.45) is 15.5 Å². The van der Waals surface area contributed by atoms with Gasteiger partial charge < -0.3 is 0 Å². The van der Waals surface area contributed by atoms with Crippen molar-refractivity contribution in [2.75, 3.05) is 13.1 Å². The molecule has 1 rings (SSSR count). The maximum absolute atomic E-state index is 11.6. The highest BCUT2D eigenvalue weighted by Crippen LogP contribution is 2.27. The third-order valence-corrected chi connectivity index (χ3v) is 3.95. The van der Waals surface area contributed by atoms with Crippen molar-refractivity contribution in [2.45, 2.75) is 25.1 Å². The van der Waals surface area contributed by atoms with Gasteiger partial charge in [0.15, 0.2) is 0 Å². The van der Waals surface area contributed by atoms with Crippen LogP contribution in [-0.4, -0.2) is 31.4 Å². The first-order valence-corrected chi connectivity index (χ1v) is 7.04. The van der Waals surface area contributed by atoms with Gasteiger partial charge in [0.1, 0.15) is 0 Å². The smallest absolute Gasteiger partial charge is 0.241 e. The fourth-order valence-electron chi connectivity index (χ4n) is 1.42. The zero-order valence-electron chi connectivity index (χ0n) is 10.1. The molecule has 1 aliphatic rings. The topological polar surface area (TPSA) is 88.1 Å². The molecule has 0 aromatic carbocycles. The third kappa shape index (κ3) is 3.13. The Labute approximate surface area is 102 Å². The van der Waals surface area contributed by atoms with E-state index in [4.69, 9.17) is 5.14 Å². The van der Waals surface area contributed by atoms with Gasteiger partial charge in [-0.25, -0.2) is 13.6 Å². The van der Waals surface area contributed by atoms with Crippen LogP contribution >= 0.6 is 0 Å². The third-order valence-electron chi connectivity index (χ3n) is 2.58. The van der Waals surface area contributed by atoms with Crippen LogP contribution in [0.3, 0.4) is 0 Å². The Bertz CT molecular complexity index is 437. The van der Waals surface area contributed by atoms with E-state index in [1.165, 1.54) is 6.08 Å². The van der Waals surface area contributed by atoms with Gasteiger partial charge in [-0.2, -0.15) is 0 Å². The second kappa shape index (κ2) is 5.42. The largest absolute Gasteiger partial charge is 0.279 e. The van der Waals surface area contributed by atoms with E-state index in [1.54, 1.807) is 23.2 Å². The first kappa shape index (κ1) is 13.9. The Morgan fingerprint density at radius 2 is 2.00 bits per heavy atom. The van der Waals surface area contributed by atoms with Gasteiger partial charge in [-0.15, -0.1) is 5.11 Å². The molecular formula is C10H18N4O2S. The fraction of sp³-hybridized carbons (Fsp3) is 0.600. The first-order valence-electron chi connectivity index (χ1n) is 5.49. The van der Waals surface area contributed by atoms with Gasteiger partial charge in [0.2, 0.25) is 14.9 Å². The van der Waals surface area contributed by atoms with Gasteiger partial charge >= 0.3 is 0 Å². The molecule has 6 nitrogen and oxygen atoms in total. The second-order valence-corrected chi connectivity index (χ2v) is 5.51. The van der Waals surface area contributed by atoms with Crippen molar-refractivity contribution in [3.05, 3.63) is 24.3 Å². The molecule has 0 radical (unpaired) electrons. The van der Waals surface area contributed by atoms with Crippen LogP contribution in [0, 0.1) is 0 Å². The molecule has 1 aliphatic carbocycles. The van der Waals surface area contributed by atoms with Gasteiger partial charge in [0.05, 0.1) is 0 Å². The molecular weight excluding hydrogens is 240 g/mol. The predicted molar refractivity (Wildman–Crippen MR) is 66.5 cm³/mol. The van der Waals surface area contributed by atoms with Crippen LogP contribution in [0.1, 0.15) is 20.3 Å². The van der Waals surface area contributed by atoms with E-state index in [2.05, 4.69) is 10.3 Å². The minimum Gasteiger partial charge on any atom is -0.279 e. The summed E-state index contributed by atoms with van der Waals surface area (Å²) in [4.78, 5) is -1.45. The number of sulfonamides is 1. The average Bonchev–Trinajstić information content (AvgIpc) is 2.30. The zero-order chi connectivity index (χ0) is 12.9. The monoisotopic (exact) mass is 258 g/mol. The van der Waals surface area contributed by atoms with Gasteiger partial charge in [-0.1, -0.05) is 23.5 Å². The molecule has 7 heteroatoms. The highest BCUT2D eigenvalue weighted by Gasteiger charge is 2.39. The lowest BCUT2D eigenvalue weighted by Crippen LogP contribution is -2.40. The Kier molecular flexibility index (Phi) is 4.41. The lowest BCUT2D eigenvalue weighted by Gasteiger charge is -2.24. The molecule has 17 heavy (non-hydrogen) atoms. The molecule has 0 fully saturated rings. The van der Waals surface area contributed by atoms with Crippen molar-refractivity contribution < 1.29 is 8.42 Å². The molecule has 1 atom stereocenters. The average molecular weight is 258 g/mol. The number of nitrogens with zero attached hydrogens (tertiary/aromatic N) is 3. The summed E-state index contributed by atoms with van der Waals surface area (Å²) >= 11 is 0. The summed E-state index contributed by atoms with van der Waals surface area (Å²) < 4.78 is 23.2. The molecule has 1 unspecified atom stereocenters. The molecule has 0 saturated carbocycles. The van der Waals surface area contributed by atoms with Crippen LogP contribution < -0.4 is 5.14 Å². The van der Waals surface area contributed by atoms with E-state index < -0.39 is 14.9 Å². The standard InChI is InChI=1S/C10H18N4O2S/c1-3-14(4-2)13-12-10(17(11,15)16)8-6-5-7-9-10/h5-8H,3-4,9H2,1-2H3,(H2,11,15,16). The molecule has 0 amide bonds. The van der Waals surface area contributed by atoms with Crippen LogP contribution in [0.15, 0.2) is 34.6 Å². The van der Waals surface area contributed by atoms with Crippen LogP contribution in [-0.2, 0) is 10.0 Å². The molecule has 0 aromatic rings. The summed E-state index contributed by atoms with van der Waals surface area (Å²) in [6, 6.07) is 0. The van der Waals surface area contributed by atoms with Crippen LogP contribution in [0.25, 0.3) is 0 Å². The Balaban J connectivity index is 3.02. The molecule has 96 valence electrons. The molecule has 0 aliphatic heterocycles. The van der Waals surface area contributed by atoms with E-state index in [0.29, 0.717) is 13.1 Å². The number of hydrogen-bond donors (Lipinski definition) is 1. The maximum Gasteiger partial charge on any atom is 0.241 e. The Hall–Kier alpha value is -1.21. The quantitative estimate of drug-likeness (QED) is 0.593. The van der Waals surface area contributed by atoms with Crippen molar-refractivity contribution in [3.8, 4) is 0 Å². The Morgan fingerprint density at radius 1 is 1.35 bits per heavy atom. The highest BCUT2D eigenvalue weighted by molar-refractivity contribution is 7.90. The van der Waals surface area contributed by atoms with Crippen molar-refractivity contribution in [1.29, 1.82) is 0 Å². The minimum absolute atomic E-state index is 0.215. The molecule has 0 bridgehead atoms. The lowest BCUT2D eigenvalue weighted by molar-refractivity contribution is 0.288. The number of allylic oxidation sites excluding steroid dienone is 2. The number of rotatable bonds is 5. The summed E-state index contributed by atoms with van der Waals surface area (Å²) in [7, 11) is -3.82. The van der Waals surface area contributed by atoms with Gasteiger partial charge in [0.25, 0.3) is 0 Å². The van der Waals surface area contributed by atoms with Crippen molar-refractivity contribution >= 4 is 10.0 Å². The van der Waals surface area contributed by atoms with Gasteiger partial charge in [-0.3, -0.25) is 5.01 Å². The van der Waals surface area contributed by atoms with E-state index in [-0.39, 0.29) is 6.42 Å². The van der Waals surface area contributed by atoms with E-state index in [1.807, 2.05) is 13.8 Å². The van der Waals surface area contributed by atoms with E-state index in [9.17, 15) is 8.42 Å². The summed E-state index contributed by atoms with van der Waals surface area (Å²) in [5.74, 6) is 0. The first-order chi connectivity index (χ1) is 7.95. The van der Waals surface area contributed by atoms with Crippen molar-refractivity contribution in [3.63, 3.8) is 0 Å². The number of primary sulfonamides is 1. The Morgan fingerprint density at radius 3 is 2.41 bits per heavy atom. The molecule has 0 spiro atoms. The summed E-state index contributed by atoms with van der Waals surface area (Å²) in [6.45, 7) is 5.17. The number of hydrogen-bond acceptors (Lipinski definition) is 4. The minimum atomic E-state index is -3.82. The van der Waals surface area contributed by atoms with Crippen LogP contribution in [0.4, 0.5) is 0 Å². The summed E-state index contributed by atoms with van der Waals surface area (Å²) in [5.41, 5.74) is 0. The van der Waals surface area contributed by atoms with E-state index in [0.717, 1.165) is 0 Å². The number of nitrogens with two attached hydrogens (primary N) is 1. The maximum atomic E-state index is 11.6. The SMILES string of the molecule is CCN(CC)N=NC1(S(N)(=O)=O)C=CC=CC1. The van der Waals surface area contributed by atoms with Gasteiger partial charge in [-0.05, 0) is 19.9 Å². The summed E-state index contributed by atoms with van der Waals surface area (Å²) in [5, 5.41) is 14.8. The van der Waals surface area contributed by atoms with Crippen LogP contribution in [0.2, 0.25) is 0 Å².